The Balaban J connectivity index is 0.843. The van der Waals surface area contributed by atoms with E-state index in [4.69, 9.17) is 8.83 Å². The molecule has 6 nitrogen and oxygen atoms in total. The maximum atomic E-state index is 6.77. The number of hydrogen-bond acceptors (Lipinski definition) is 4. The molecule has 78 heavy (non-hydrogen) atoms. The second-order valence-electron chi connectivity index (χ2n) is 22.3. The van der Waals surface area contributed by atoms with Gasteiger partial charge in [0.2, 0.25) is 0 Å². The van der Waals surface area contributed by atoms with Crippen LogP contribution in [0, 0.1) is 0 Å². The summed E-state index contributed by atoms with van der Waals surface area (Å²) >= 11 is 0. The Kier molecular flexibility index (Phi) is 8.97. The number of allylic oxidation sites excluding steroid dienone is 1. The number of aromatic nitrogens is 2. The van der Waals surface area contributed by atoms with Gasteiger partial charge in [0.15, 0.2) is 11.3 Å². The lowest BCUT2D eigenvalue weighted by atomic mass is 9.97. The van der Waals surface area contributed by atoms with E-state index >= 15 is 0 Å². The average molecular weight is 1010 g/mol. The first-order valence-electron chi connectivity index (χ1n) is 27.6. The van der Waals surface area contributed by atoms with Gasteiger partial charge in [-0.1, -0.05) is 143 Å². The van der Waals surface area contributed by atoms with E-state index in [0.29, 0.717) is 11.8 Å². The van der Waals surface area contributed by atoms with Gasteiger partial charge in [-0.15, -0.1) is 0 Å². The van der Waals surface area contributed by atoms with E-state index in [0.717, 1.165) is 80.3 Å². The SMILES string of the molecule is CC(C)c1ccc(N(C2=CCCc3c2oc2ccccc32)c2ccc3c(c2)c2cccc4c5cc6c(cc5n3c24)c2cccc3c4cc(N(c5ccc(C(C)C)cc5)c5cccc7c5oc5ccccc57)ccc4n6c32)cc1. The molecule has 0 saturated carbocycles. The average Bonchev–Trinajstić information content (AvgIpc) is 4.47. The van der Waals surface area contributed by atoms with Gasteiger partial charge in [0.1, 0.15) is 11.2 Å². The van der Waals surface area contributed by atoms with E-state index in [1.807, 2.05) is 6.07 Å². The van der Waals surface area contributed by atoms with Crippen molar-refractivity contribution < 1.29 is 8.83 Å². The molecule has 6 aromatic heterocycles. The quantitative estimate of drug-likeness (QED) is 0.152. The van der Waals surface area contributed by atoms with Crippen LogP contribution < -0.4 is 9.80 Å². The molecule has 0 atom stereocenters. The van der Waals surface area contributed by atoms with E-state index in [9.17, 15) is 0 Å². The highest BCUT2D eigenvalue weighted by Gasteiger charge is 2.29. The van der Waals surface area contributed by atoms with Crippen LogP contribution in [0.5, 0.6) is 0 Å². The highest BCUT2D eigenvalue weighted by Crippen LogP contribution is 2.49. The van der Waals surface area contributed by atoms with Crippen molar-refractivity contribution in [3.63, 3.8) is 0 Å². The molecule has 16 aromatic rings. The van der Waals surface area contributed by atoms with E-state index in [1.54, 1.807) is 0 Å². The van der Waals surface area contributed by atoms with E-state index in [-0.39, 0.29) is 0 Å². The predicted molar refractivity (Wildman–Crippen MR) is 327 cm³/mol. The van der Waals surface area contributed by atoms with Crippen molar-refractivity contribution >= 4 is 143 Å². The first kappa shape index (κ1) is 43.7. The number of fused-ring (bicyclic) bond motifs is 18. The maximum Gasteiger partial charge on any atom is 0.159 e. The van der Waals surface area contributed by atoms with Crippen LogP contribution in [0.15, 0.2) is 215 Å². The number of nitrogens with zero attached hydrogens (tertiary/aromatic N) is 4. The number of para-hydroxylation sites is 5. The molecular weight excluding hydrogens is 953 g/mol. The van der Waals surface area contributed by atoms with E-state index in [2.05, 4.69) is 246 Å². The standard InChI is InChI=1S/C72H52N4O2/c1-41(2)43-25-29-45(30-26-43)73(63-21-11-19-55-49-13-5-7-23-67(49)77-71(55)63)47-33-35-61-57(37-47)51-15-9-17-53-59-40-66-60(39-65(59)75(61)69(51)53)54-18-10-16-52-58-38-48(34-36-62(58)76(66)70(52)54)74(46-31-27-44(28-32-46)42(3)4)64-22-12-20-56-50-14-6-8-24-68(50)78-72(56)64/h5-11,13-19,21-42H,12,20H2,1-4H3. The lowest BCUT2D eigenvalue weighted by Crippen LogP contribution is -2.18. The molecule has 1 aliphatic rings. The Morgan fingerprint density at radius 2 is 0.846 bits per heavy atom. The van der Waals surface area contributed by atoms with Crippen LogP contribution in [-0.2, 0) is 6.42 Å². The van der Waals surface area contributed by atoms with Gasteiger partial charge >= 0.3 is 0 Å². The Morgan fingerprint density at radius 3 is 1.42 bits per heavy atom. The largest absolute Gasteiger partial charge is 0.454 e. The molecule has 0 aliphatic heterocycles. The molecule has 0 N–H and O–H groups in total. The summed E-state index contributed by atoms with van der Waals surface area (Å²) in [5, 5.41) is 13.4. The lowest BCUT2D eigenvalue weighted by Gasteiger charge is -2.29. The third kappa shape index (κ3) is 5.97. The second-order valence-corrected chi connectivity index (χ2v) is 22.3. The van der Waals surface area contributed by atoms with Crippen LogP contribution in [0.1, 0.15) is 68.4 Å². The van der Waals surface area contributed by atoms with Crippen LogP contribution in [-0.4, -0.2) is 8.80 Å². The van der Waals surface area contributed by atoms with Gasteiger partial charge in [-0.05, 0) is 127 Å². The molecule has 0 fully saturated rings. The van der Waals surface area contributed by atoms with Gasteiger partial charge in [-0.25, -0.2) is 0 Å². The molecular formula is C72H52N4O2. The number of hydrogen-bond donors (Lipinski definition) is 0. The maximum absolute atomic E-state index is 6.77. The minimum atomic E-state index is 0.428. The first-order valence-corrected chi connectivity index (χ1v) is 27.6. The number of aryl methyl sites for hydroxylation is 1. The Bertz CT molecular complexity index is 5160. The van der Waals surface area contributed by atoms with Crippen molar-refractivity contribution in [2.75, 3.05) is 9.80 Å². The summed E-state index contributed by atoms with van der Waals surface area (Å²) in [5.41, 5.74) is 20.5. The van der Waals surface area contributed by atoms with Crippen molar-refractivity contribution in [2.45, 2.75) is 52.4 Å². The molecule has 6 heteroatoms. The highest BCUT2D eigenvalue weighted by atomic mass is 16.3. The number of benzene rings is 10. The van der Waals surface area contributed by atoms with Crippen LogP contribution in [0.3, 0.4) is 0 Å². The van der Waals surface area contributed by atoms with Gasteiger partial charge in [0.05, 0.1) is 44.5 Å². The second kappa shape index (κ2) is 16.0. The zero-order valence-electron chi connectivity index (χ0n) is 43.8. The zero-order chi connectivity index (χ0) is 51.7. The minimum absolute atomic E-state index is 0.428. The number of anilines is 5. The summed E-state index contributed by atoms with van der Waals surface area (Å²) in [4.78, 5) is 4.80. The van der Waals surface area contributed by atoms with Crippen LogP contribution in [0.4, 0.5) is 28.4 Å². The summed E-state index contributed by atoms with van der Waals surface area (Å²) in [7, 11) is 0. The van der Waals surface area contributed by atoms with Crippen LogP contribution in [0.2, 0.25) is 0 Å². The highest BCUT2D eigenvalue weighted by molar-refractivity contribution is 6.29. The third-order valence-electron chi connectivity index (χ3n) is 17.4. The summed E-state index contributed by atoms with van der Waals surface area (Å²) in [6.07, 6.45) is 4.28. The van der Waals surface area contributed by atoms with E-state index < -0.39 is 0 Å². The molecule has 17 rings (SSSR count). The van der Waals surface area contributed by atoms with Gasteiger partial charge in [-0.2, -0.15) is 0 Å². The molecule has 0 unspecified atom stereocenters. The Hall–Kier alpha value is -9.52. The first-order chi connectivity index (χ1) is 38.3. The topological polar surface area (TPSA) is 41.6 Å². The molecule has 1 aliphatic carbocycles. The van der Waals surface area contributed by atoms with Crippen molar-refractivity contribution in [1.82, 2.24) is 8.80 Å². The summed E-state index contributed by atoms with van der Waals surface area (Å²) in [6, 6.07) is 74.3. The van der Waals surface area contributed by atoms with Gasteiger partial charge < -0.3 is 27.4 Å². The van der Waals surface area contributed by atoms with Crippen molar-refractivity contribution in [1.29, 1.82) is 0 Å². The minimum Gasteiger partial charge on any atom is -0.454 e. The fourth-order valence-electron chi connectivity index (χ4n) is 13.7. The van der Waals surface area contributed by atoms with Gasteiger partial charge in [-0.3, -0.25) is 0 Å². The molecule has 10 aromatic carbocycles. The molecule has 0 saturated heterocycles. The smallest absolute Gasteiger partial charge is 0.159 e. The number of rotatable bonds is 8. The molecule has 0 bridgehead atoms. The monoisotopic (exact) mass is 1000 g/mol. The van der Waals surface area contributed by atoms with Crippen LogP contribution >= 0.6 is 0 Å². The predicted octanol–water partition coefficient (Wildman–Crippen LogP) is 20.5. The summed E-state index contributed by atoms with van der Waals surface area (Å²) in [6.45, 7) is 9.02. The molecule has 372 valence electrons. The fraction of sp³-hybridized carbons (Fsp3) is 0.111. The Morgan fingerprint density at radius 1 is 0.385 bits per heavy atom. The Labute approximate surface area is 449 Å². The molecule has 0 spiro atoms. The summed E-state index contributed by atoms with van der Waals surface area (Å²) < 4.78 is 18.5. The third-order valence-corrected chi connectivity index (χ3v) is 17.4. The summed E-state index contributed by atoms with van der Waals surface area (Å²) in [5.74, 6) is 1.83. The lowest BCUT2D eigenvalue weighted by molar-refractivity contribution is 0.588. The molecule has 6 heterocycles. The van der Waals surface area contributed by atoms with Crippen molar-refractivity contribution in [2.24, 2.45) is 0 Å². The fourth-order valence-corrected chi connectivity index (χ4v) is 13.7. The van der Waals surface area contributed by atoms with Crippen LogP contribution in [0.25, 0.3) is 115 Å². The molecule has 0 radical (unpaired) electrons. The number of furan rings is 2. The van der Waals surface area contributed by atoms with Gasteiger partial charge in [0, 0.05) is 87.6 Å². The zero-order valence-corrected chi connectivity index (χ0v) is 43.8. The van der Waals surface area contributed by atoms with Crippen molar-refractivity contribution in [3.05, 3.63) is 229 Å². The molecule has 0 amide bonds. The van der Waals surface area contributed by atoms with Crippen molar-refractivity contribution in [3.8, 4) is 0 Å². The van der Waals surface area contributed by atoms with Gasteiger partial charge in [0.25, 0.3) is 0 Å². The van der Waals surface area contributed by atoms with E-state index in [1.165, 1.54) is 98.3 Å². The normalized spacial score (nSPS) is 13.3.